The lowest BCUT2D eigenvalue weighted by Gasteiger charge is -2.21. The molecule has 0 bridgehead atoms. The standard InChI is InChI=1S/C15H21N3O/c1-12(10-18-8-7-16-11-18)17-13(2)14-5-4-6-15(9-14)19-3/h4-9,11-13,17H,10H2,1-3H3. The van der Waals surface area contributed by atoms with Crippen LogP contribution in [0, 0.1) is 0 Å². The van der Waals surface area contributed by atoms with Gasteiger partial charge in [-0.25, -0.2) is 4.98 Å². The van der Waals surface area contributed by atoms with Crippen LogP contribution in [0.15, 0.2) is 43.0 Å². The van der Waals surface area contributed by atoms with E-state index in [4.69, 9.17) is 4.74 Å². The second-order valence-electron chi connectivity index (χ2n) is 4.83. The van der Waals surface area contributed by atoms with Crippen LogP contribution in [0.3, 0.4) is 0 Å². The molecule has 0 saturated heterocycles. The molecular weight excluding hydrogens is 238 g/mol. The van der Waals surface area contributed by atoms with Gasteiger partial charge in [-0.3, -0.25) is 0 Å². The number of methoxy groups -OCH3 is 1. The van der Waals surface area contributed by atoms with Gasteiger partial charge in [0.25, 0.3) is 0 Å². The molecule has 0 radical (unpaired) electrons. The fraction of sp³-hybridized carbons (Fsp3) is 0.400. The molecule has 1 heterocycles. The lowest BCUT2D eigenvalue weighted by atomic mass is 10.1. The predicted molar refractivity (Wildman–Crippen MR) is 76.2 cm³/mol. The minimum Gasteiger partial charge on any atom is -0.497 e. The van der Waals surface area contributed by atoms with Crippen molar-refractivity contribution in [3.8, 4) is 5.75 Å². The van der Waals surface area contributed by atoms with Crippen molar-refractivity contribution in [3.05, 3.63) is 48.5 Å². The van der Waals surface area contributed by atoms with Crippen LogP contribution in [0.1, 0.15) is 25.5 Å². The summed E-state index contributed by atoms with van der Waals surface area (Å²) < 4.78 is 7.33. The average Bonchev–Trinajstić information content (AvgIpc) is 2.91. The average molecular weight is 259 g/mol. The van der Waals surface area contributed by atoms with E-state index in [1.54, 1.807) is 13.3 Å². The first-order valence-electron chi connectivity index (χ1n) is 6.55. The van der Waals surface area contributed by atoms with Crippen molar-refractivity contribution >= 4 is 0 Å². The van der Waals surface area contributed by atoms with E-state index in [0.717, 1.165) is 12.3 Å². The minimum atomic E-state index is 0.286. The highest BCUT2D eigenvalue weighted by atomic mass is 16.5. The van der Waals surface area contributed by atoms with Gasteiger partial charge >= 0.3 is 0 Å². The quantitative estimate of drug-likeness (QED) is 0.866. The van der Waals surface area contributed by atoms with Crippen molar-refractivity contribution in [2.75, 3.05) is 7.11 Å². The summed E-state index contributed by atoms with van der Waals surface area (Å²) in [4.78, 5) is 4.05. The number of nitrogens with zero attached hydrogens (tertiary/aromatic N) is 2. The zero-order chi connectivity index (χ0) is 13.7. The molecule has 0 aliphatic carbocycles. The Hall–Kier alpha value is -1.81. The van der Waals surface area contributed by atoms with Crippen molar-refractivity contribution in [1.29, 1.82) is 0 Å². The van der Waals surface area contributed by atoms with E-state index in [1.807, 2.05) is 24.7 Å². The summed E-state index contributed by atoms with van der Waals surface area (Å²) in [6.07, 6.45) is 5.63. The Kier molecular flexibility index (Phi) is 4.58. The van der Waals surface area contributed by atoms with Gasteiger partial charge in [0.2, 0.25) is 0 Å². The molecule has 2 atom stereocenters. The number of imidazole rings is 1. The van der Waals surface area contributed by atoms with E-state index < -0.39 is 0 Å². The van der Waals surface area contributed by atoms with Crippen LogP contribution in [0.25, 0.3) is 0 Å². The zero-order valence-corrected chi connectivity index (χ0v) is 11.7. The highest BCUT2D eigenvalue weighted by Crippen LogP contribution is 2.19. The maximum atomic E-state index is 5.26. The Labute approximate surface area is 114 Å². The monoisotopic (exact) mass is 259 g/mol. The van der Waals surface area contributed by atoms with Crippen LogP contribution in [0.2, 0.25) is 0 Å². The van der Waals surface area contributed by atoms with Gasteiger partial charge in [-0.2, -0.15) is 0 Å². The molecule has 0 amide bonds. The molecule has 19 heavy (non-hydrogen) atoms. The van der Waals surface area contributed by atoms with E-state index in [0.29, 0.717) is 6.04 Å². The lowest BCUT2D eigenvalue weighted by Crippen LogP contribution is -2.32. The van der Waals surface area contributed by atoms with Crippen LogP contribution < -0.4 is 10.1 Å². The van der Waals surface area contributed by atoms with Gasteiger partial charge in [0.15, 0.2) is 0 Å². The van der Waals surface area contributed by atoms with Gasteiger partial charge in [-0.15, -0.1) is 0 Å². The van der Waals surface area contributed by atoms with Crippen molar-refractivity contribution in [2.24, 2.45) is 0 Å². The van der Waals surface area contributed by atoms with Crippen molar-refractivity contribution in [1.82, 2.24) is 14.9 Å². The van der Waals surface area contributed by atoms with Crippen LogP contribution >= 0.6 is 0 Å². The van der Waals surface area contributed by atoms with E-state index in [9.17, 15) is 0 Å². The molecule has 0 fully saturated rings. The Balaban J connectivity index is 1.94. The molecule has 2 rings (SSSR count). The highest BCUT2D eigenvalue weighted by molar-refractivity contribution is 5.30. The Morgan fingerprint density at radius 2 is 2.21 bits per heavy atom. The molecular formula is C15H21N3O. The maximum Gasteiger partial charge on any atom is 0.119 e. The van der Waals surface area contributed by atoms with Crippen molar-refractivity contribution in [2.45, 2.75) is 32.5 Å². The highest BCUT2D eigenvalue weighted by Gasteiger charge is 2.10. The number of rotatable bonds is 6. The largest absolute Gasteiger partial charge is 0.497 e. The summed E-state index contributed by atoms with van der Waals surface area (Å²) in [5, 5.41) is 3.58. The topological polar surface area (TPSA) is 39.1 Å². The smallest absolute Gasteiger partial charge is 0.119 e. The number of benzene rings is 1. The molecule has 1 N–H and O–H groups in total. The second kappa shape index (κ2) is 6.38. The SMILES string of the molecule is COc1cccc(C(C)NC(C)Cn2ccnc2)c1. The molecule has 1 aromatic carbocycles. The van der Waals surface area contributed by atoms with Gasteiger partial charge in [-0.05, 0) is 31.5 Å². The Bertz CT molecular complexity index is 496. The molecule has 0 saturated carbocycles. The summed E-state index contributed by atoms with van der Waals surface area (Å²) in [6, 6.07) is 8.83. The molecule has 0 spiro atoms. The van der Waals surface area contributed by atoms with Gasteiger partial charge in [0.1, 0.15) is 5.75 Å². The number of ether oxygens (including phenoxy) is 1. The van der Waals surface area contributed by atoms with E-state index >= 15 is 0 Å². The summed E-state index contributed by atoms with van der Waals surface area (Å²) >= 11 is 0. The fourth-order valence-corrected chi connectivity index (χ4v) is 2.20. The van der Waals surface area contributed by atoms with Gasteiger partial charge < -0.3 is 14.6 Å². The Morgan fingerprint density at radius 3 is 2.89 bits per heavy atom. The zero-order valence-electron chi connectivity index (χ0n) is 11.7. The van der Waals surface area contributed by atoms with E-state index in [1.165, 1.54) is 5.56 Å². The third-order valence-electron chi connectivity index (χ3n) is 3.17. The number of nitrogens with one attached hydrogen (secondary N) is 1. The third-order valence-corrected chi connectivity index (χ3v) is 3.17. The predicted octanol–water partition coefficient (Wildman–Crippen LogP) is 2.63. The maximum absolute atomic E-state index is 5.26. The van der Waals surface area contributed by atoms with Crippen LogP contribution in [0.4, 0.5) is 0 Å². The normalized spacial score (nSPS) is 14.1. The van der Waals surface area contributed by atoms with Crippen molar-refractivity contribution < 1.29 is 4.74 Å². The molecule has 2 unspecified atom stereocenters. The number of hydrogen-bond acceptors (Lipinski definition) is 3. The summed E-state index contributed by atoms with van der Waals surface area (Å²) in [7, 11) is 1.69. The molecule has 4 heteroatoms. The molecule has 4 nitrogen and oxygen atoms in total. The molecule has 1 aromatic heterocycles. The summed E-state index contributed by atoms with van der Waals surface area (Å²) in [5.74, 6) is 0.897. The van der Waals surface area contributed by atoms with Gasteiger partial charge in [0.05, 0.1) is 13.4 Å². The number of aromatic nitrogens is 2. The summed E-state index contributed by atoms with van der Waals surface area (Å²) in [5.41, 5.74) is 1.23. The molecule has 0 aliphatic heterocycles. The first-order valence-corrected chi connectivity index (χ1v) is 6.55. The molecule has 0 aliphatic rings. The van der Waals surface area contributed by atoms with Crippen LogP contribution in [0.5, 0.6) is 5.75 Å². The van der Waals surface area contributed by atoms with E-state index in [2.05, 4.69) is 40.8 Å². The second-order valence-corrected chi connectivity index (χ2v) is 4.83. The summed E-state index contributed by atoms with van der Waals surface area (Å²) in [6.45, 7) is 5.25. The Morgan fingerprint density at radius 1 is 1.37 bits per heavy atom. The van der Waals surface area contributed by atoms with Crippen molar-refractivity contribution in [3.63, 3.8) is 0 Å². The lowest BCUT2D eigenvalue weighted by molar-refractivity contribution is 0.409. The number of hydrogen-bond donors (Lipinski definition) is 1. The molecule has 2 aromatic rings. The first kappa shape index (κ1) is 13.6. The third kappa shape index (κ3) is 3.83. The molecule has 102 valence electrons. The van der Waals surface area contributed by atoms with Crippen LogP contribution in [-0.2, 0) is 6.54 Å². The van der Waals surface area contributed by atoms with Crippen LogP contribution in [-0.4, -0.2) is 22.7 Å². The van der Waals surface area contributed by atoms with E-state index in [-0.39, 0.29) is 6.04 Å². The fourth-order valence-electron chi connectivity index (χ4n) is 2.20. The van der Waals surface area contributed by atoms with Gasteiger partial charge in [0, 0.05) is 31.0 Å². The minimum absolute atomic E-state index is 0.286. The first-order chi connectivity index (χ1) is 9.19. The van der Waals surface area contributed by atoms with Gasteiger partial charge in [-0.1, -0.05) is 12.1 Å².